The molecule has 1 aliphatic rings. The Kier molecular flexibility index (Phi) is 5.81. The number of nitrogens with one attached hydrogen (secondary N) is 1. The molecule has 0 spiro atoms. The minimum absolute atomic E-state index is 0.440. The van der Waals surface area contributed by atoms with Crippen LogP contribution in [0.3, 0.4) is 0 Å². The summed E-state index contributed by atoms with van der Waals surface area (Å²) in [5.41, 5.74) is 0.818. The second kappa shape index (κ2) is 7.40. The molecule has 0 amide bonds. The zero-order valence-corrected chi connectivity index (χ0v) is 13.7. The Labute approximate surface area is 131 Å². The molecule has 0 saturated carbocycles. The van der Waals surface area contributed by atoms with E-state index in [0.29, 0.717) is 17.5 Å². The quantitative estimate of drug-likeness (QED) is 0.903. The molecule has 0 bridgehead atoms. The second-order valence-electron chi connectivity index (χ2n) is 5.37. The van der Waals surface area contributed by atoms with Crippen LogP contribution in [0.15, 0.2) is 29.7 Å². The Balaban J connectivity index is 1.97. The highest BCUT2D eigenvalue weighted by Gasteiger charge is 2.20. The van der Waals surface area contributed by atoms with Gasteiger partial charge in [-0.3, -0.25) is 0 Å². The molecule has 0 atom stereocenters. The van der Waals surface area contributed by atoms with Gasteiger partial charge in [0.2, 0.25) is 10.0 Å². The van der Waals surface area contributed by atoms with Crippen molar-refractivity contribution in [1.29, 1.82) is 0 Å². The predicted octanol–water partition coefficient (Wildman–Crippen LogP) is 2.57. The predicted molar refractivity (Wildman–Crippen MR) is 87.6 cm³/mol. The zero-order valence-electron chi connectivity index (χ0n) is 12.1. The molecule has 0 unspecified atom stereocenters. The van der Waals surface area contributed by atoms with Crippen molar-refractivity contribution in [3.8, 4) is 0 Å². The molecule has 2 rings (SSSR count). The zero-order chi connectivity index (χ0) is 15.3. The minimum atomic E-state index is -3.37. The molecule has 6 heteroatoms. The largest absolute Gasteiger partial charge is 0.317 e. The first-order valence-electron chi connectivity index (χ1n) is 7.08. The molecule has 1 aliphatic heterocycles. The number of halogens is 1. The fourth-order valence-electron chi connectivity index (χ4n) is 2.37. The summed E-state index contributed by atoms with van der Waals surface area (Å²) < 4.78 is 25.9. The Morgan fingerprint density at radius 3 is 2.52 bits per heavy atom. The van der Waals surface area contributed by atoms with Gasteiger partial charge in [-0.25, -0.2) is 12.7 Å². The third kappa shape index (κ3) is 5.11. The van der Waals surface area contributed by atoms with Crippen molar-refractivity contribution in [2.45, 2.75) is 12.8 Å². The molecule has 1 fully saturated rings. The summed E-state index contributed by atoms with van der Waals surface area (Å²) >= 11 is 5.80. The topological polar surface area (TPSA) is 49.4 Å². The lowest BCUT2D eigenvalue weighted by Crippen LogP contribution is -2.36. The van der Waals surface area contributed by atoms with Crippen molar-refractivity contribution in [3.63, 3.8) is 0 Å². The number of benzene rings is 1. The third-order valence-electron chi connectivity index (χ3n) is 3.71. The maximum atomic E-state index is 12.2. The summed E-state index contributed by atoms with van der Waals surface area (Å²) in [6.07, 6.45) is 3.66. The lowest BCUT2D eigenvalue weighted by molar-refractivity contribution is 0.313. The van der Waals surface area contributed by atoms with Crippen LogP contribution in [-0.2, 0) is 10.0 Å². The second-order valence-corrected chi connectivity index (χ2v) is 7.74. The van der Waals surface area contributed by atoms with Crippen LogP contribution in [0.1, 0.15) is 18.4 Å². The van der Waals surface area contributed by atoms with Gasteiger partial charge < -0.3 is 5.32 Å². The van der Waals surface area contributed by atoms with Gasteiger partial charge >= 0.3 is 0 Å². The van der Waals surface area contributed by atoms with Gasteiger partial charge in [0.25, 0.3) is 0 Å². The SMILES string of the molecule is CN(CC1CCNCC1)S(=O)(=O)C=Cc1ccc(Cl)cc1. The Morgan fingerprint density at radius 2 is 1.90 bits per heavy atom. The maximum absolute atomic E-state index is 12.2. The molecule has 1 saturated heterocycles. The van der Waals surface area contributed by atoms with E-state index in [1.54, 1.807) is 37.4 Å². The molecule has 116 valence electrons. The van der Waals surface area contributed by atoms with Crippen molar-refractivity contribution in [1.82, 2.24) is 9.62 Å². The van der Waals surface area contributed by atoms with Crippen molar-refractivity contribution < 1.29 is 8.42 Å². The first kappa shape index (κ1) is 16.5. The number of piperidine rings is 1. The Bertz CT molecular complexity index is 578. The van der Waals surface area contributed by atoms with E-state index < -0.39 is 10.0 Å². The number of nitrogens with zero attached hydrogens (tertiary/aromatic N) is 1. The number of rotatable bonds is 5. The first-order chi connectivity index (χ1) is 9.97. The van der Waals surface area contributed by atoms with E-state index in [4.69, 9.17) is 11.6 Å². The summed E-state index contributed by atoms with van der Waals surface area (Å²) in [6.45, 7) is 2.52. The molecule has 21 heavy (non-hydrogen) atoms. The Morgan fingerprint density at radius 1 is 1.29 bits per heavy atom. The van der Waals surface area contributed by atoms with Crippen LogP contribution < -0.4 is 5.32 Å². The van der Waals surface area contributed by atoms with Crippen LogP contribution in [0.25, 0.3) is 6.08 Å². The number of hydrogen-bond acceptors (Lipinski definition) is 3. The van der Waals surface area contributed by atoms with Gasteiger partial charge in [0.1, 0.15) is 0 Å². The Hall–Kier alpha value is -0.880. The summed E-state index contributed by atoms with van der Waals surface area (Å²) in [6, 6.07) is 7.07. The minimum Gasteiger partial charge on any atom is -0.317 e. The highest BCUT2D eigenvalue weighted by atomic mass is 35.5. The average molecular weight is 329 g/mol. The van der Waals surface area contributed by atoms with E-state index in [1.165, 1.54) is 9.71 Å². The molecule has 0 radical (unpaired) electrons. The van der Waals surface area contributed by atoms with Gasteiger partial charge in [-0.1, -0.05) is 23.7 Å². The molecule has 0 aliphatic carbocycles. The molecular weight excluding hydrogens is 308 g/mol. The van der Waals surface area contributed by atoms with Gasteiger partial charge in [0.05, 0.1) is 0 Å². The van der Waals surface area contributed by atoms with Crippen molar-refractivity contribution in [2.75, 3.05) is 26.7 Å². The van der Waals surface area contributed by atoms with E-state index in [2.05, 4.69) is 5.32 Å². The fraction of sp³-hybridized carbons (Fsp3) is 0.467. The normalized spacial score (nSPS) is 17.7. The van der Waals surface area contributed by atoms with Crippen molar-refractivity contribution >= 4 is 27.7 Å². The van der Waals surface area contributed by atoms with Gasteiger partial charge in [0, 0.05) is 24.0 Å². The van der Waals surface area contributed by atoms with Gasteiger partial charge in [0.15, 0.2) is 0 Å². The van der Waals surface area contributed by atoms with Crippen molar-refractivity contribution in [2.24, 2.45) is 5.92 Å². The van der Waals surface area contributed by atoms with Crippen LogP contribution in [0, 0.1) is 5.92 Å². The van der Waals surface area contributed by atoms with E-state index in [-0.39, 0.29) is 0 Å². The van der Waals surface area contributed by atoms with Crippen LogP contribution >= 0.6 is 11.6 Å². The molecule has 1 N–H and O–H groups in total. The summed E-state index contributed by atoms with van der Waals surface area (Å²) in [4.78, 5) is 0. The molecule has 1 aromatic rings. The smallest absolute Gasteiger partial charge is 0.235 e. The highest BCUT2D eigenvalue weighted by Crippen LogP contribution is 2.16. The van der Waals surface area contributed by atoms with Crippen LogP contribution in [-0.4, -0.2) is 39.4 Å². The van der Waals surface area contributed by atoms with E-state index in [0.717, 1.165) is 31.5 Å². The molecule has 1 heterocycles. The molecule has 1 aromatic carbocycles. The fourth-order valence-corrected chi connectivity index (χ4v) is 3.46. The standard InChI is InChI=1S/C15H21ClN2O2S/c1-18(12-14-6-9-17-10-7-14)21(19,20)11-8-13-2-4-15(16)5-3-13/h2-5,8,11,14,17H,6-7,9-10,12H2,1H3. The summed E-state index contributed by atoms with van der Waals surface area (Å²) in [7, 11) is -1.73. The van der Waals surface area contributed by atoms with Gasteiger partial charge in [-0.2, -0.15) is 0 Å². The van der Waals surface area contributed by atoms with Crippen molar-refractivity contribution in [3.05, 3.63) is 40.3 Å². The monoisotopic (exact) mass is 328 g/mol. The lowest BCUT2D eigenvalue weighted by Gasteiger charge is -2.26. The number of hydrogen-bond donors (Lipinski definition) is 1. The molecule has 4 nitrogen and oxygen atoms in total. The van der Waals surface area contributed by atoms with E-state index in [9.17, 15) is 8.42 Å². The van der Waals surface area contributed by atoms with Gasteiger partial charge in [-0.15, -0.1) is 0 Å². The summed E-state index contributed by atoms with van der Waals surface area (Å²) in [5, 5.41) is 5.18. The van der Waals surface area contributed by atoms with Crippen LogP contribution in [0.2, 0.25) is 5.02 Å². The highest BCUT2D eigenvalue weighted by molar-refractivity contribution is 7.92. The third-order valence-corrected chi connectivity index (χ3v) is 5.46. The average Bonchev–Trinajstić information content (AvgIpc) is 2.48. The van der Waals surface area contributed by atoms with Gasteiger partial charge in [-0.05, 0) is 55.6 Å². The lowest BCUT2D eigenvalue weighted by atomic mass is 9.98. The number of sulfonamides is 1. The maximum Gasteiger partial charge on any atom is 0.235 e. The van der Waals surface area contributed by atoms with Crippen LogP contribution in [0.5, 0.6) is 0 Å². The summed E-state index contributed by atoms with van der Waals surface area (Å²) in [5.74, 6) is 0.440. The van der Waals surface area contributed by atoms with E-state index >= 15 is 0 Å². The molecular formula is C15H21ClN2O2S. The van der Waals surface area contributed by atoms with E-state index in [1.807, 2.05) is 0 Å². The molecule has 0 aromatic heterocycles. The van der Waals surface area contributed by atoms with Crippen LogP contribution in [0.4, 0.5) is 0 Å². The first-order valence-corrected chi connectivity index (χ1v) is 8.96.